The molecule has 4 aliphatic heterocycles. The quantitative estimate of drug-likeness (QED) is 0.00420. The van der Waals surface area contributed by atoms with Gasteiger partial charge in [-0.3, -0.25) is 28.8 Å². The number of nitrogens with one attached hydrogen (secondary N) is 4. The number of carboxylic acids is 3. The molecule has 5 amide bonds. The van der Waals surface area contributed by atoms with E-state index in [1.165, 1.54) is 74.3 Å². The van der Waals surface area contributed by atoms with Crippen LogP contribution < -0.4 is 27.0 Å². The number of carbonyl (C=O) groups is 9. The Morgan fingerprint density at radius 3 is 1.37 bits per heavy atom. The van der Waals surface area contributed by atoms with Crippen LogP contribution >= 0.6 is 71.3 Å². The van der Waals surface area contributed by atoms with Gasteiger partial charge in [0.2, 0.25) is 5.91 Å². The Kier molecular flexibility index (Phi) is 43.3. The molecule has 8 atom stereocenters. The van der Waals surface area contributed by atoms with E-state index in [4.69, 9.17) is 50.6 Å². The molecule has 0 spiro atoms. The number of aryl methyl sites for hydroxylation is 1. The van der Waals surface area contributed by atoms with Crippen molar-refractivity contribution < 1.29 is 123 Å². The topological polar surface area (TPSA) is 398 Å². The minimum absolute atomic E-state index is 0. The number of morpholine rings is 1. The van der Waals surface area contributed by atoms with Crippen LogP contribution in [0.25, 0.3) is 14.5 Å². The maximum Gasteiger partial charge on any atom is 0.407 e. The molecule has 4 heterocycles. The lowest BCUT2D eigenvalue weighted by atomic mass is 10.0. The Bertz CT molecular complexity index is 4530. The zero-order valence-electron chi connectivity index (χ0n) is 64.4. The molecule has 0 aliphatic carbocycles. The van der Waals surface area contributed by atoms with E-state index in [1.54, 1.807) is 43.0 Å². The van der Waals surface area contributed by atoms with Crippen LogP contribution in [0.3, 0.4) is 0 Å². The summed E-state index contributed by atoms with van der Waals surface area (Å²) in [6.07, 6.45) is -9.42. The lowest BCUT2D eigenvalue weighted by molar-refractivity contribution is -0.185. The number of alkyl halides is 12. The molecule has 27 nitrogen and oxygen atoms in total. The molecule has 119 heavy (non-hydrogen) atoms. The monoisotopic (exact) mass is 1950 g/mol. The maximum atomic E-state index is 13.0. The Hall–Kier alpha value is -8.65. The molecule has 4 saturated heterocycles. The summed E-state index contributed by atoms with van der Waals surface area (Å²) in [4.78, 5) is 115. The number of nitrogen functional groups attached to an aromatic ring is 1. The number of aliphatic carboxylic acids is 3. The van der Waals surface area contributed by atoms with E-state index in [0.29, 0.717) is 54.3 Å². The van der Waals surface area contributed by atoms with Crippen LogP contribution in [0, 0.1) is 26.6 Å². The molecule has 43 heteroatoms. The van der Waals surface area contributed by atoms with Crippen LogP contribution in [-0.4, -0.2) is 192 Å². The zero-order chi connectivity index (χ0) is 89.2. The van der Waals surface area contributed by atoms with Crippen molar-refractivity contribution in [1.29, 1.82) is 0 Å². The van der Waals surface area contributed by atoms with E-state index in [9.17, 15) is 98.0 Å². The number of amides is 5. The molecule has 0 bridgehead atoms. The van der Waals surface area contributed by atoms with Gasteiger partial charge in [0, 0.05) is 73.4 Å². The van der Waals surface area contributed by atoms with Crippen LogP contribution in [-0.2, 0) is 93.4 Å². The number of carbonyl (C=O) groups excluding carboxylic acids is 6. The van der Waals surface area contributed by atoms with Crippen molar-refractivity contribution >= 4 is 192 Å². The number of likely N-dealkylation sites (tertiary alicyclic amines) is 1. The molecular weight excluding hydrogens is 1860 g/mol. The van der Waals surface area contributed by atoms with Gasteiger partial charge in [-0.2, -0.15) is 39.5 Å². The average Bonchev–Trinajstić information content (AvgIpc) is 1.70. The van der Waals surface area contributed by atoms with Gasteiger partial charge in [0.05, 0.1) is 41.7 Å². The summed E-state index contributed by atoms with van der Waals surface area (Å²) in [5.41, 5.74) is -5.95. The summed E-state index contributed by atoms with van der Waals surface area (Å²) in [5, 5.41) is 74.4. The van der Waals surface area contributed by atoms with Crippen LogP contribution in [0.4, 0.5) is 79.3 Å². The highest BCUT2D eigenvalue weighted by atomic mass is 79.9. The average molecular weight is 1950 g/mol. The number of halogens is 12. The fourth-order valence-electron chi connectivity index (χ4n) is 9.96. The van der Waals surface area contributed by atoms with Gasteiger partial charge in [0.1, 0.15) is 34.9 Å². The van der Waals surface area contributed by atoms with E-state index >= 15 is 0 Å². The normalized spacial score (nSPS) is 18.3. The molecule has 5 aromatic carbocycles. The second-order valence-electron chi connectivity index (χ2n) is 27.2. The summed E-state index contributed by atoms with van der Waals surface area (Å²) < 4.78 is 121. The number of fused-ring (bicyclic) bond motifs is 1. The van der Waals surface area contributed by atoms with Crippen molar-refractivity contribution in [3.63, 3.8) is 0 Å². The highest BCUT2D eigenvalue weighted by molar-refractivity contribution is 9.09. The molecule has 0 saturated carbocycles. The highest BCUT2D eigenvalue weighted by Crippen LogP contribution is 2.42. The number of nitrogens with two attached hydrogens (primary N) is 1. The third-order valence-electron chi connectivity index (χ3n) is 16.7. The van der Waals surface area contributed by atoms with Crippen LogP contribution in [0.5, 0.6) is 0 Å². The largest absolute Gasteiger partial charge is 2.00 e. The first-order chi connectivity index (χ1) is 54.1. The first-order valence-corrected chi connectivity index (χ1v) is 39.8. The summed E-state index contributed by atoms with van der Waals surface area (Å²) >= 11 is 11.4. The number of thioether (sulfide) groups is 2. The SMILES string of the molecule is C=C(C)C(=O)N1CCC[C@H]1C(=O)O.C[C@@](O)(CBr)C(=O)O.C[C@]1(CBr)OC(=O)[C@@H]2CCCN2C1=O.O=C(O)[C@@H]1CCCN1.[C-]#[N+]c1ccc(NC(=O)[C@](C)(O)CBr)cc1C(F)(F)F.[C-]#[N+]c1ccc(NC(=O)[C@](C)(O)CSc2ccc(N)cc2)cc1C(F)(F)F.[C-]#[N+]c1ccc(NC(=O)[C@](C)(O)CSc2cccc(C)c2)cc1C(F)(F)F.[S-2].[SH-]. The number of aliphatic hydroxyl groups is 4. The summed E-state index contributed by atoms with van der Waals surface area (Å²) in [6.45, 7) is 36.1. The Labute approximate surface area is 726 Å². The van der Waals surface area contributed by atoms with Gasteiger partial charge in [-0.25, -0.2) is 28.9 Å². The molecule has 9 rings (SSSR count). The van der Waals surface area contributed by atoms with Gasteiger partial charge in [0.15, 0.2) is 28.3 Å². The summed E-state index contributed by atoms with van der Waals surface area (Å²) in [5.74, 6) is -5.96. The van der Waals surface area contributed by atoms with Crippen molar-refractivity contribution in [3.8, 4) is 0 Å². The third-order valence-corrected chi connectivity index (χ3v) is 22.6. The molecular formula is C76H85Br3F9N10O17S4-3. The van der Waals surface area contributed by atoms with Gasteiger partial charge in [0.25, 0.3) is 23.6 Å². The van der Waals surface area contributed by atoms with Gasteiger partial charge in [-0.05, 0) is 166 Å². The summed E-state index contributed by atoms with van der Waals surface area (Å²) in [6, 6.07) is 21.6. The van der Waals surface area contributed by atoms with Crippen LogP contribution in [0.2, 0.25) is 0 Å². The molecule has 0 unspecified atom stereocenters. The number of benzene rings is 5. The Balaban J connectivity index is 0.000000721. The number of hydrogen-bond donors (Lipinski definition) is 12. The Morgan fingerprint density at radius 2 is 1.03 bits per heavy atom. The molecule has 0 aromatic heterocycles. The van der Waals surface area contributed by atoms with Crippen molar-refractivity contribution in [1.82, 2.24) is 15.1 Å². The lowest BCUT2D eigenvalue weighted by Crippen LogP contribution is -2.60. The number of rotatable bonds is 19. The molecule has 5 aromatic rings. The first-order valence-electron chi connectivity index (χ1n) is 34.5. The van der Waals surface area contributed by atoms with Crippen molar-refractivity contribution in [3.05, 3.63) is 172 Å². The first kappa shape index (κ1) is 108. The maximum absolute atomic E-state index is 13.0. The number of hydrogen-bond acceptors (Lipinski definition) is 19. The van der Waals surface area contributed by atoms with Crippen LogP contribution in [0.1, 0.15) is 102 Å². The van der Waals surface area contributed by atoms with E-state index < -0.39 is 122 Å². The minimum atomic E-state index is -4.73. The van der Waals surface area contributed by atoms with Gasteiger partial charge in [-0.1, -0.05) is 90.3 Å². The second-order valence-corrected chi connectivity index (χ2v) is 31.0. The number of anilines is 4. The van der Waals surface area contributed by atoms with Gasteiger partial charge >= 0.3 is 42.4 Å². The highest BCUT2D eigenvalue weighted by Gasteiger charge is 2.51. The molecule has 652 valence electrons. The summed E-state index contributed by atoms with van der Waals surface area (Å²) in [7, 11) is 0. The molecule has 13 N–H and O–H groups in total. The van der Waals surface area contributed by atoms with E-state index in [0.717, 1.165) is 72.2 Å². The zero-order valence-corrected chi connectivity index (χ0v) is 72.5. The number of esters is 1. The van der Waals surface area contributed by atoms with Gasteiger partial charge in [-0.15, -0.1) is 23.5 Å². The van der Waals surface area contributed by atoms with Gasteiger partial charge < -0.3 is 104 Å². The van der Waals surface area contributed by atoms with E-state index in [-0.39, 0.29) is 96.1 Å². The number of ether oxygens (including phenoxy) is 1. The number of nitrogens with zero attached hydrogens (tertiary/aromatic N) is 5. The van der Waals surface area contributed by atoms with E-state index in [2.05, 4.69) is 90.2 Å². The van der Waals surface area contributed by atoms with Crippen molar-refractivity contribution in [2.75, 3.05) is 68.8 Å². The fourth-order valence-corrected chi connectivity index (χ4v) is 12.7. The van der Waals surface area contributed by atoms with Crippen molar-refractivity contribution in [2.45, 2.75) is 161 Å². The second kappa shape index (κ2) is 47.5. The lowest BCUT2D eigenvalue weighted by Gasteiger charge is -2.39. The van der Waals surface area contributed by atoms with Crippen LogP contribution in [0.15, 0.2) is 125 Å². The number of cyclic esters (lactones) is 1. The Morgan fingerprint density at radius 1 is 0.613 bits per heavy atom. The number of thiol groups is 1. The molecule has 0 radical (unpaired) electrons. The smallest absolute Gasteiger partial charge is 0.407 e. The predicted molar refractivity (Wildman–Crippen MR) is 445 cm³/mol. The predicted octanol–water partition coefficient (Wildman–Crippen LogP) is 13.8. The third kappa shape index (κ3) is 33.7. The minimum Gasteiger partial charge on any atom is -2.00 e. The standard InChI is InChI=1S/C19H17F3N2O2S.C18H16F3N3O2S.C12H10BrF3N2O2.C9H12BrNO3.C9H13NO3.C5H9NO2.C4H7BrO3.H2S.S/c1-12-5-4-6-14(9-12)27-11-18(2,26)17(25)24-13-7-8-16(23-3)15(10-13)19(20,21)22;1-17(26,10-27-13-6-3-11(22)4-7-13)16(25)24-12-5-8-15(23-2)14(9-12)18(19,20)21;1-11(20,6-13)10(19)18-7-3-4-9(17-2)8(5-7)12(14,15)16;1-9(5-10)8(13)11-4-2-3-6(11)7(12)14-9;1-6(2)8(11)10-5-3-4-7(10)9(12)13;7-5(8)4-2-1-3-6-4;1-4(8,2-5)3(6)7;;/h4-10,26H,11H2,1-2H3,(H,24,25);3-9,26H,10,22H2,1H3,(H,24,25);3-5,20H,6H2,1H3,(H,18,19);6H,2-5H2,1H3;7H,1,3-5H2,2H3,(H,12,13);4,6H,1-3H2,(H,7,8);8H,2H2,1H3,(H,6,7);1H2;/q;;;;;;;;-2/p-1/t18-;17-;11-;6-,9+;7-;2*4-;;/m1110001../s1. The van der Waals surface area contributed by atoms with E-state index in [1.807, 2.05) is 31.2 Å². The fraction of sp³-hybridized carbons (Fsp3) is 0.421. The van der Waals surface area contributed by atoms with Crippen molar-refractivity contribution in [2.24, 2.45) is 0 Å². The molecule has 4 fully saturated rings. The number of carboxylic acid groups (broad SMARTS) is 3. The molecule has 4 aliphatic rings.